The molecular formula is C15H15ClN4O2. The number of hydrogen-bond acceptors (Lipinski definition) is 3. The summed E-state index contributed by atoms with van der Waals surface area (Å²) >= 11 is 6.05. The number of benzene rings is 1. The van der Waals surface area contributed by atoms with Gasteiger partial charge in [-0.05, 0) is 31.0 Å². The Hall–Kier alpha value is -2.34. The summed E-state index contributed by atoms with van der Waals surface area (Å²) in [6.45, 7) is 2.70. The summed E-state index contributed by atoms with van der Waals surface area (Å²) < 4.78 is 0. The first-order chi connectivity index (χ1) is 10.5. The summed E-state index contributed by atoms with van der Waals surface area (Å²) in [5.41, 5.74) is 2.77. The molecule has 0 spiro atoms. The summed E-state index contributed by atoms with van der Waals surface area (Å²) in [4.78, 5) is 32.3. The van der Waals surface area contributed by atoms with E-state index in [1.807, 2.05) is 13.0 Å². The van der Waals surface area contributed by atoms with E-state index in [-0.39, 0.29) is 11.6 Å². The van der Waals surface area contributed by atoms with Gasteiger partial charge in [0, 0.05) is 22.8 Å². The van der Waals surface area contributed by atoms with Crippen LogP contribution in [0.1, 0.15) is 16.8 Å². The van der Waals surface area contributed by atoms with Crippen LogP contribution in [0.4, 0.5) is 10.5 Å². The number of anilines is 1. The highest BCUT2D eigenvalue weighted by molar-refractivity contribution is 6.31. The largest absolute Gasteiger partial charge is 0.322 e. The Labute approximate surface area is 132 Å². The average Bonchev–Trinajstić information content (AvgIpc) is 2.51. The molecule has 2 amide bonds. The first kappa shape index (κ1) is 14.6. The molecule has 0 bridgehead atoms. The smallest absolute Gasteiger partial charge is 0.318 e. The van der Waals surface area contributed by atoms with Crippen molar-refractivity contribution in [3.63, 3.8) is 0 Å². The SMILES string of the molecule is Cc1ccc(NC(=O)N2CCc3c(nc[nH]c3=O)C2)cc1Cl. The number of nitrogens with one attached hydrogen (secondary N) is 2. The monoisotopic (exact) mass is 318 g/mol. The van der Waals surface area contributed by atoms with E-state index < -0.39 is 0 Å². The standard InChI is InChI=1S/C15H15ClN4O2/c1-9-2-3-10(6-12(9)16)19-15(22)20-5-4-11-13(7-20)17-8-18-14(11)21/h2-3,6,8H,4-5,7H2,1H3,(H,19,22)(H,17,18,21). The fourth-order valence-corrected chi connectivity index (χ4v) is 2.59. The van der Waals surface area contributed by atoms with E-state index in [0.29, 0.717) is 41.5 Å². The number of amides is 2. The minimum atomic E-state index is -0.229. The molecule has 6 nitrogen and oxygen atoms in total. The van der Waals surface area contributed by atoms with Crippen LogP contribution >= 0.6 is 11.6 Å². The highest BCUT2D eigenvalue weighted by Crippen LogP contribution is 2.21. The zero-order valence-corrected chi connectivity index (χ0v) is 12.8. The van der Waals surface area contributed by atoms with Crippen molar-refractivity contribution in [3.05, 3.63) is 56.7 Å². The number of fused-ring (bicyclic) bond motifs is 1. The van der Waals surface area contributed by atoms with Crippen LogP contribution in [0.2, 0.25) is 5.02 Å². The van der Waals surface area contributed by atoms with Gasteiger partial charge in [-0.1, -0.05) is 17.7 Å². The van der Waals surface area contributed by atoms with Crippen molar-refractivity contribution in [2.24, 2.45) is 0 Å². The molecule has 1 aromatic heterocycles. The van der Waals surface area contributed by atoms with Crippen molar-refractivity contribution < 1.29 is 4.79 Å². The Morgan fingerprint density at radius 1 is 1.45 bits per heavy atom. The van der Waals surface area contributed by atoms with Crippen molar-refractivity contribution >= 4 is 23.3 Å². The van der Waals surface area contributed by atoms with Crippen LogP contribution < -0.4 is 10.9 Å². The lowest BCUT2D eigenvalue weighted by atomic mass is 10.1. The van der Waals surface area contributed by atoms with E-state index in [4.69, 9.17) is 11.6 Å². The first-order valence-electron chi connectivity index (χ1n) is 6.92. The number of carbonyl (C=O) groups excluding carboxylic acids is 1. The second-order valence-corrected chi connectivity index (χ2v) is 5.63. The summed E-state index contributed by atoms with van der Waals surface area (Å²) in [5, 5.41) is 3.42. The minimum Gasteiger partial charge on any atom is -0.318 e. The molecule has 22 heavy (non-hydrogen) atoms. The quantitative estimate of drug-likeness (QED) is 0.847. The van der Waals surface area contributed by atoms with Crippen LogP contribution in [-0.4, -0.2) is 27.4 Å². The molecule has 1 aromatic carbocycles. The van der Waals surface area contributed by atoms with E-state index in [9.17, 15) is 9.59 Å². The number of rotatable bonds is 1. The number of hydrogen-bond donors (Lipinski definition) is 2. The number of aromatic nitrogens is 2. The summed E-state index contributed by atoms with van der Waals surface area (Å²) in [6, 6.07) is 5.15. The lowest BCUT2D eigenvalue weighted by molar-refractivity contribution is 0.205. The van der Waals surface area contributed by atoms with E-state index in [2.05, 4.69) is 15.3 Å². The van der Waals surface area contributed by atoms with Crippen LogP contribution in [-0.2, 0) is 13.0 Å². The molecule has 0 radical (unpaired) electrons. The van der Waals surface area contributed by atoms with Gasteiger partial charge in [0.15, 0.2) is 0 Å². The number of urea groups is 1. The molecule has 0 saturated carbocycles. The molecule has 0 saturated heterocycles. The Morgan fingerprint density at radius 2 is 2.27 bits per heavy atom. The van der Waals surface area contributed by atoms with Gasteiger partial charge in [0.2, 0.25) is 0 Å². The Balaban J connectivity index is 1.74. The molecule has 7 heteroatoms. The van der Waals surface area contributed by atoms with Crippen LogP contribution in [0, 0.1) is 6.92 Å². The minimum absolute atomic E-state index is 0.129. The van der Waals surface area contributed by atoms with Crippen LogP contribution in [0.25, 0.3) is 0 Å². The zero-order valence-electron chi connectivity index (χ0n) is 12.0. The molecular weight excluding hydrogens is 304 g/mol. The van der Waals surface area contributed by atoms with Gasteiger partial charge in [-0.15, -0.1) is 0 Å². The Morgan fingerprint density at radius 3 is 3.05 bits per heavy atom. The van der Waals surface area contributed by atoms with Gasteiger partial charge in [-0.2, -0.15) is 0 Å². The van der Waals surface area contributed by atoms with Crippen LogP contribution in [0.15, 0.2) is 29.3 Å². The molecule has 0 unspecified atom stereocenters. The number of carbonyl (C=O) groups is 1. The van der Waals surface area contributed by atoms with Crippen molar-refractivity contribution in [1.29, 1.82) is 0 Å². The maximum atomic E-state index is 12.3. The molecule has 0 atom stereocenters. The maximum absolute atomic E-state index is 12.3. The molecule has 0 aliphatic carbocycles. The van der Waals surface area contributed by atoms with E-state index >= 15 is 0 Å². The van der Waals surface area contributed by atoms with E-state index in [1.165, 1.54) is 6.33 Å². The average molecular weight is 319 g/mol. The maximum Gasteiger partial charge on any atom is 0.322 e. The first-order valence-corrected chi connectivity index (χ1v) is 7.30. The van der Waals surface area contributed by atoms with Gasteiger partial charge in [-0.25, -0.2) is 9.78 Å². The molecule has 2 N–H and O–H groups in total. The normalized spacial score (nSPS) is 13.6. The second kappa shape index (κ2) is 5.81. The van der Waals surface area contributed by atoms with Gasteiger partial charge >= 0.3 is 6.03 Å². The Kier molecular flexibility index (Phi) is 3.85. The molecule has 2 aromatic rings. The van der Waals surface area contributed by atoms with E-state index in [0.717, 1.165) is 5.56 Å². The molecule has 2 heterocycles. The van der Waals surface area contributed by atoms with E-state index in [1.54, 1.807) is 17.0 Å². The fourth-order valence-electron chi connectivity index (χ4n) is 2.41. The van der Waals surface area contributed by atoms with Crippen molar-refractivity contribution in [2.45, 2.75) is 19.9 Å². The zero-order chi connectivity index (χ0) is 15.7. The molecule has 3 rings (SSSR count). The third-order valence-corrected chi connectivity index (χ3v) is 4.13. The number of H-pyrrole nitrogens is 1. The predicted molar refractivity (Wildman–Crippen MR) is 84.2 cm³/mol. The number of aromatic amines is 1. The van der Waals surface area contributed by atoms with Gasteiger partial charge < -0.3 is 15.2 Å². The predicted octanol–water partition coefficient (Wildman–Crippen LogP) is 2.32. The van der Waals surface area contributed by atoms with Gasteiger partial charge in [0.1, 0.15) is 0 Å². The summed E-state index contributed by atoms with van der Waals surface area (Å²) in [7, 11) is 0. The van der Waals surface area contributed by atoms with Gasteiger partial charge in [0.25, 0.3) is 5.56 Å². The van der Waals surface area contributed by atoms with Gasteiger partial charge in [0.05, 0.1) is 18.6 Å². The molecule has 0 fully saturated rings. The van der Waals surface area contributed by atoms with Crippen molar-refractivity contribution in [1.82, 2.24) is 14.9 Å². The molecule has 1 aliphatic rings. The highest BCUT2D eigenvalue weighted by atomic mass is 35.5. The van der Waals surface area contributed by atoms with Gasteiger partial charge in [-0.3, -0.25) is 4.79 Å². The fraction of sp³-hybridized carbons (Fsp3) is 0.267. The number of aryl methyl sites for hydroxylation is 1. The number of nitrogens with zero attached hydrogens (tertiary/aromatic N) is 2. The highest BCUT2D eigenvalue weighted by Gasteiger charge is 2.23. The molecule has 1 aliphatic heterocycles. The third-order valence-electron chi connectivity index (χ3n) is 3.72. The van der Waals surface area contributed by atoms with Crippen molar-refractivity contribution in [2.75, 3.05) is 11.9 Å². The Bertz CT molecular complexity index is 787. The number of halogens is 1. The lowest BCUT2D eigenvalue weighted by Crippen LogP contribution is -2.41. The lowest BCUT2D eigenvalue weighted by Gasteiger charge is -2.27. The van der Waals surface area contributed by atoms with Crippen molar-refractivity contribution in [3.8, 4) is 0 Å². The molecule has 114 valence electrons. The third kappa shape index (κ3) is 2.82. The summed E-state index contributed by atoms with van der Waals surface area (Å²) in [6.07, 6.45) is 1.86. The topological polar surface area (TPSA) is 78.1 Å². The summed E-state index contributed by atoms with van der Waals surface area (Å²) in [5.74, 6) is 0. The van der Waals surface area contributed by atoms with Crippen LogP contribution in [0.5, 0.6) is 0 Å². The van der Waals surface area contributed by atoms with Crippen LogP contribution in [0.3, 0.4) is 0 Å². The second-order valence-electron chi connectivity index (χ2n) is 5.22.